The van der Waals surface area contributed by atoms with E-state index in [1.807, 2.05) is 6.07 Å². The van der Waals surface area contributed by atoms with Gasteiger partial charge in [-0.15, -0.1) is 11.3 Å². The van der Waals surface area contributed by atoms with Gasteiger partial charge in [0.2, 0.25) is 0 Å². The lowest BCUT2D eigenvalue weighted by Crippen LogP contribution is -2.33. The maximum Gasteiger partial charge on any atom is 0.123 e. The van der Waals surface area contributed by atoms with Crippen molar-refractivity contribution in [2.45, 2.75) is 44.5 Å². The summed E-state index contributed by atoms with van der Waals surface area (Å²) in [4.78, 5) is 2.36. The SMILES string of the molecule is CO.Cc1ccc(C2CC(O)CC(CO)O2)cc1Cc1ccc(-c2ccc(F)cc2)s1. The van der Waals surface area contributed by atoms with Crippen molar-refractivity contribution < 1.29 is 24.4 Å². The number of benzene rings is 2. The highest BCUT2D eigenvalue weighted by Gasteiger charge is 2.29. The monoisotopic (exact) mass is 444 g/mol. The van der Waals surface area contributed by atoms with E-state index in [1.54, 1.807) is 23.5 Å². The Bertz CT molecular complexity index is 970. The highest BCUT2D eigenvalue weighted by atomic mass is 32.1. The third-order valence-corrected chi connectivity index (χ3v) is 6.62. The number of aliphatic hydroxyl groups excluding tert-OH is 3. The lowest BCUT2D eigenvalue weighted by atomic mass is 9.93. The summed E-state index contributed by atoms with van der Waals surface area (Å²) in [7, 11) is 1.00. The number of ether oxygens (including phenoxy) is 1. The standard InChI is InChI=1S/C24H25FO3S.CH4O/c1-15-2-3-17(23-13-20(27)12-21(14-26)28-23)10-18(15)11-22-8-9-24(29-22)16-4-6-19(25)7-5-16;1-2/h2-10,20-21,23,26-27H,11-14H2,1H3;2H,1H3. The number of aliphatic hydroxyl groups is 3. The molecule has 0 spiro atoms. The van der Waals surface area contributed by atoms with Gasteiger partial charge in [0, 0.05) is 36.1 Å². The minimum absolute atomic E-state index is 0.0758. The largest absolute Gasteiger partial charge is 0.400 e. The predicted octanol–water partition coefficient (Wildman–Crippen LogP) is 4.64. The third-order valence-electron chi connectivity index (χ3n) is 5.48. The Labute approximate surface area is 186 Å². The van der Waals surface area contributed by atoms with Gasteiger partial charge in [0.1, 0.15) is 5.82 Å². The van der Waals surface area contributed by atoms with Crippen LogP contribution >= 0.6 is 11.3 Å². The van der Waals surface area contributed by atoms with E-state index in [4.69, 9.17) is 9.84 Å². The molecule has 0 amide bonds. The van der Waals surface area contributed by atoms with E-state index in [1.165, 1.54) is 28.1 Å². The molecule has 4 rings (SSSR count). The molecule has 1 aromatic heterocycles. The van der Waals surface area contributed by atoms with E-state index >= 15 is 0 Å². The first-order valence-corrected chi connectivity index (χ1v) is 11.2. The zero-order valence-electron chi connectivity index (χ0n) is 17.8. The number of thiophene rings is 1. The van der Waals surface area contributed by atoms with Crippen molar-refractivity contribution in [3.05, 3.63) is 82.0 Å². The van der Waals surface area contributed by atoms with Crippen LogP contribution in [0.25, 0.3) is 10.4 Å². The van der Waals surface area contributed by atoms with Crippen molar-refractivity contribution >= 4 is 11.3 Å². The Balaban J connectivity index is 0.00000132. The van der Waals surface area contributed by atoms with Crippen molar-refractivity contribution in [2.75, 3.05) is 13.7 Å². The summed E-state index contributed by atoms with van der Waals surface area (Å²) in [5.74, 6) is -0.226. The summed E-state index contributed by atoms with van der Waals surface area (Å²) in [6.07, 6.45) is 0.868. The molecule has 4 nitrogen and oxygen atoms in total. The smallest absolute Gasteiger partial charge is 0.123 e. The molecular formula is C25H29FO4S. The Morgan fingerprint density at radius 3 is 2.48 bits per heavy atom. The second-order valence-electron chi connectivity index (χ2n) is 7.69. The molecule has 0 radical (unpaired) electrons. The molecule has 2 heterocycles. The van der Waals surface area contributed by atoms with Crippen molar-refractivity contribution in [2.24, 2.45) is 0 Å². The van der Waals surface area contributed by atoms with Gasteiger partial charge in [0.25, 0.3) is 0 Å². The Morgan fingerprint density at radius 2 is 1.77 bits per heavy atom. The van der Waals surface area contributed by atoms with Crippen LogP contribution in [0.1, 0.15) is 40.5 Å². The highest BCUT2D eigenvalue weighted by molar-refractivity contribution is 7.15. The van der Waals surface area contributed by atoms with Gasteiger partial charge < -0.3 is 20.1 Å². The molecule has 1 fully saturated rings. The van der Waals surface area contributed by atoms with Crippen LogP contribution in [-0.4, -0.2) is 41.2 Å². The van der Waals surface area contributed by atoms with Crippen LogP contribution in [0.15, 0.2) is 54.6 Å². The lowest BCUT2D eigenvalue weighted by molar-refractivity contribution is -0.113. The molecule has 3 unspecified atom stereocenters. The Hall–Kier alpha value is -2.09. The van der Waals surface area contributed by atoms with Crippen LogP contribution < -0.4 is 0 Å². The summed E-state index contributed by atoms with van der Waals surface area (Å²) in [6, 6.07) is 17.1. The summed E-state index contributed by atoms with van der Waals surface area (Å²) < 4.78 is 19.1. The zero-order chi connectivity index (χ0) is 22.4. The van der Waals surface area contributed by atoms with Gasteiger partial charge in [-0.05, 0) is 53.4 Å². The van der Waals surface area contributed by atoms with Crippen molar-refractivity contribution in [3.8, 4) is 10.4 Å². The highest BCUT2D eigenvalue weighted by Crippen LogP contribution is 2.34. The fourth-order valence-electron chi connectivity index (χ4n) is 3.83. The minimum Gasteiger partial charge on any atom is -0.400 e. The van der Waals surface area contributed by atoms with Gasteiger partial charge in [0.05, 0.1) is 24.9 Å². The van der Waals surface area contributed by atoms with Gasteiger partial charge in [0.15, 0.2) is 0 Å². The third kappa shape index (κ3) is 5.99. The van der Waals surface area contributed by atoms with E-state index < -0.39 is 6.10 Å². The molecule has 0 saturated carbocycles. The molecule has 2 aromatic carbocycles. The second-order valence-corrected chi connectivity index (χ2v) is 8.86. The van der Waals surface area contributed by atoms with Gasteiger partial charge >= 0.3 is 0 Å². The molecular weight excluding hydrogens is 415 g/mol. The molecule has 31 heavy (non-hydrogen) atoms. The van der Waals surface area contributed by atoms with E-state index in [0.717, 1.165) is 29.5 Å². The van der Waals surface area contributed by atoms with Crippen molar-refractivity contribution in [1.29, 1.82) is 0 Å². The number of halogens is 1. The van der Waals surface area contributed by atoms with Gasteiger partial charge in [-0.3, -0.25) is 0 Å². The van der Waals surface area contributed by atoms with Crippen LogP contribution in [0.2, 0.25) is 0 Å². The second kappa shape index (κ2) is 11.0. The number of hydrogen-bond donors (Lipinski definition) is 3. The van der Waals surface area contributed by atoms with Crippen LogP contribution in [0.3, 0.4) is 0 Å². The van der Waals surface area contributed by atoms with Crippen molar-refractivity contribution in [1.82, 2.24) is 0 Å². The number of hydrogen-bond acceptors (Lipinski definition) is 5. The molecule has 1 aliphatic rings. The molecule has 1 aliphatic heterocycles. The first kappa shape index (κ1) is 23.6. The topological polar surface area (TPSA) is 69.9 Å². The molecule has 1 saturated heterocycles. The Morgan fingerprint density at radius 1 is 1.03 bits per heavy atom. The quantitative estimate of drug-likeness (QED) is 0.536. The fourth-order valence-corrected chi connectivity index (χ4v) is 4.87. The van der Waals surface area contributed by atoms with E-state index in [-0.39, 0.29) is 24.6 Å². The zero-order valence-corrected chi connectivity index (χ0v) is 18.6. The maximum absolute atomic E-state index is 13.2. The van der Waals surface area contributed by atoms with Gasteiger partial charge in [-0.2, -0.15) is 0 Å². The summed E-state index contributed by atoms with van der Waals surface area (Å²) in [5.41, 5.74) is 4.49. The van der Waals surface area contributed by atoms with Crippen LogP contribution in [0, 0.1) is 12.7 Å². The van der Waals surface area contributed by atoms with Crippen LogP contribution in [0.4, 0.5) is 4.39 Å². The first-order valence-electron chi connectivity index (χ1n) is 10.3. The van der Waals surface area contributed by atoms with Gasteiger partial charge in [-0.1, -0.05) is 30.3 Å². The molecule has 166 valence electrons. The Kier molecular flexibility index (Phi) is 8.35. The molecule has 3 N–H and O–H groups in total. The lowest BCUT2D eigenvalue weighted by Gasteiger charge is -2.32. The normalized spacial score (nSPS) is 20.8. The van der Waals surface area contributed by atoms with Crippen LogP contribution in [0.5, 0.6) is 0 Å². The summed E-state index contributed by atoms with van der Waals surface area (Å²) in [6.45, 7) is 2.02. The van der Waals surface area contributed by atoms with Crippen molar-refractivity contribution in [3.63, 3.8) is 0 Å². The minimum atomic E-state index is -0.453. The van der Waals surface area contributed by atoms with E-state index in [0.29, 0.717) is 12.8 Å². The summed E-state index contributed by atoms with van der Waals surface area (Å²) >= 11 is 1.71. The first-order chi connectivity index (χ1) is 15.0. The molecule has 6 heteroatoms. The molecule has 0 aliphatic carbocycles. The predicted molar refractivity (Wildman–Crippen MR) is 122 cm³/mol. The average molecular weight is 445 g/mol. The molecule has 0 bridgehead atoms. The van der Waals surface area contributed by atoms with E-state index in [2.05, 4.69) is 31.2 Å². The fraction of sp³-hybridized carbons (Fsp3) is 0.360. The molecule has 3 atom stereocenters. The van der Waals surface area contributed by atoms with E-state index in [9.17, 15) is 14.6 Å². The average Bonchev–Trinajstić information content (AvgIpc) is 3.25. The molecule has 3 aromatic rings. The number of rotatable bonds is 5. The summed E-state index contributed by atoms with van der Waals surface area (Å²) in [5, 5.41) is 26.5. The maximum atomic E-state index is 13.2. The number of aryl methyl sites for hydroxylation is 1. The van der Waals surface area contributed by atoms with Gasteiger partial charge in [-0.25, -0.2) is 4.39 Å². The van der Waals surface area contributed by atoms with Crippen LogP contribution in [-0.2, 0) is 11.2 Å².